The molecule has 0 saturated carbocycles. The predicted molar refractivity (Wildman–Crippen MR) is 88.0 cm³/mol. The van der Waals surface area contributed by atoms with E-state index >= 15 is 0 Å². The van der Waals surface area contributed by atoms with Crippen LogP contribution in [-0.2, 0) is 14.8 Å². The van der Waals surface area contributed by atoms with Crippen molar-refractivity contribution in [2.75, 3.05) is 13.1 Å². The lowest BCUT2D eigenvalue weighted by Crippen LogP contribution is -2.41. The first-order valence-electron chi connectivity index (χ1n) is 7.33. The molecule has 0 aliphatic carbocycles. The van der Waals surface area contributed by atoms with Gasteiger partial charge in [0.2, 0.25) is 10.0 Å². The van der Waals surface area contributed by atoms with Crippen LogP contribution in [0.1, 0.15) is 27.2 Å². The Bertz CT molecular complexity index is 668. The molecule has 1 aliphatic heterocycles. The Labute approximate surface area is 141 Å². The molecule has 1 saturated heterocycles. The molecule has 0 bridgehead atoms. The standard InChI is InChI=1S/C15H21ClN2O4S/c1-15(2,3)22-14(19)17-12-8-9-18(10-12)23(20,21)13-6-4-11(16)5-7-13/h4-7,12H,8-10H2,1-3H3,(H,17,19). The van der Waals surface area contributed by atoms with E-state index in [2.05, 4.69) is 5.32 Å². The number of amides is 1. The van der Waals surface area contributed by atoms with Gasteiger partial charge in [-0.15, -0.1) is 0 Å². The van der Waals surface area contributed by atoms with Crippen LogP contribution in [0, 0.1) is 0 Å². The average Bonchev–Trinajstić information content (AvgIpc) is 2.86. The summed E-state index contributed by atoms with van der Waals surface area (Å²) >= 11 is 5.78. The molecule has 1 unspecified atom stereocenters. The molecule has 1 aromatic rings. The van der Waals surface area contributed by atoms with Crippen LogP contribution in [0.5, 0.6) is 0 Å². The molecular formula is C15H21ClN2O4S. The maximum atomic E-state index is 12.5. The van der Waals surface area contributed by atoms with Crippen molar-refractivity contribution in [1.82, 2.24) is 9.62 Å². The van der Waals surface area contributed by atoms with Gasteiger partial charge in [-0.2, -0.15) is 4.31 Å². The van der Waals surface area contributed by atoms with Gasteiger partial charge < -0.3 is 10.1 Å². The van der Waals surface area contributed by atoms with E-state index in [1.807, 2.05) is 0 Å². The Morgan fingerprint density at radius 3 is 2.48 bits per heavy atom. The normalized spacial score (nSPS) is 19.6. The monoisotopic (exact) mass is 360 g/mol. The zero-order chi connectivity index (χ0) is 17.3. The maximum absolute atomic E-state index is 12.5. The van der Waals surface area contributed by atoms with Crippen molar-refractivity contribution in [2.45, 2.75) is 43.7 Å². The molecule has 128 valence electrons. The highest BCUT2D eigenvalue weighted by atomic mass is 35.5. The number of carbonyl (C=O) groups is 1. The van der Waals surface area contributed by atoms with Crippen LogP contribution in [0.4, 0.5) is 4.79 Å². The number of hydrogen-bond donors (Lipinski definition) is 1. The predicted octanol–water partition coefficient (Wildman–Crippen LogP) is 2.63. The molecule has 1 heterocycles. The first-order valence-corrected chi connectivity index (χ1v) is 9.15. The second kappa shape index (κ2) is 6.67. The highest BCUT2D eigenvalue weighted by Gasteiger charge is 2.33. The van der Waals surface area contributed by atoms with Gasteiger partial charge in [0.25, 0.3) is 0 Å². The summed E-state index contributed by atoms with van der Waals surface area (Å²) < 4.78 is 31.6. The molecule has 8 heteroatoms. The summed E-state index contributed by atoms with van der Waals surface area (Å²) in [6.45, 7) is 5.91. The van der Waals surface area contributed by atoms with Gasteiger partial charge in [-0.3, -0.25) is 0 Å². The summed E-state index contributed by atoms with van der Waals surface area (Å²) in [5.74, 6) is 0. The summed E-state index contributed by atoms with van der Waals surface area (Å²) in [5.41, 5.74) is -0.586. The van der Waals surface area contributed by atoms with E-state index in [-0.39, 0.29) is 17.5 Å². The number of carbonyl (C=O) groups excluding carboxylic acids is 1. The molecule has 0 radical (unpaired) electrons. The third kappa shape index (κ3) is 4.83. The fraction of sp³-hybridized carbons (Fsp3) is 0.533. The number of nitrogens with zero attached hydrogens (tertiary/aromatic N) is 1. The van der Waals surface area contributed by atoms with Gasteiger partial charge in [0.05, 0.1) is 4.90 Å². The summed E-state index contributed by atoms with van der Waals surface area (Å²) in [7, 11) is -3.58. The molecule has 1 amide bonds. The van der Waals surface area contributed by atoms with E-state index in [9.17, 15) is 13.2 Å². The molecule has 1 atom stereocenters. The average molecular weight is 361 g/mol. The fourth-order valence-electron chi connectivity index (χ4n) is 2.29. The van der Waals surface area contributed by atoms with Crippen LogP contribution in [0.25, 0.3) is 0 Å². The van der Waals surface area contributed by atoms with Crippen molar-refractivity contribution in [3.05, 3.63) is 29.3 Å². The quantitative estimate of drug-likeness (QED) is 0.899. The van der Waals surface area contributed by atoms with E-state index in [4.69, 9.17) is 16.3 Å². The Hall–Kier alpha value is -1.31. The summed E-state index contributed by atoms with van der Waals surface area (Å²) in [4.78, 5) is 12.0. The number of sulfonamides is 1. The van der Waals surface area contributed by atoms with Crippen molar-refractivity contribution in [3.8, 4) is 0 Å². The van der Waals surface area contributed by atoms with Crippen LogP contribution >= 0.6 is 11.6 Å². The lowest BCUT2D eigenvalue weighted by Gasteiger charge is -2.22. The Morgan fingerprint density at radius 1 is 1.30 bits per heavy atom. The summed E-state index contributed by atoms with van der Waals surface area (Å²) in [6.07, 6.45) is 0.0136. The van der Waals surface area contributed by atoms with Crippen molar-refractivity contribution in [3.63, 3.8) is 0 Å². The van der Waals surface area contributed by atoms with Crippen molar-refractivity contribution >= 4 is 27.7 Å². The molecule has 1 aromatic carbocycles. The molecule has 0 spiro atoms. The number of benzene rings is 1. The van der Waals surface area contributed by atoms with Gasteiger partial charge in [0.15, 0.2) is 0 Å². The molecule has 1 N–H and O–H groups in total. The number of alkyl carbamates (subject to hydrolysis) is 1. The molecule has 6 nitrogen and oxygen atoms in total. The Balaban J connectivity index is 1.99. The maximum Gasteiger partial charge on any atom is 0.407 e. The largest absolute Gasteiger partial charge is 0.444 e. The van der Waals surface area contributed by atoms with Crippen LogP contribution in [0.3, 0.4) is 0 Å². The van der Waals surface area contributed by atoms with Gasteiger partial charge in [-0.1, -0.05) is 11.6 Å². The highest BCUT2D eigenvalue weighted by molar-refractivity contribution is 7.89. The topological polar surface area (TPSA) is 75.7 Å². The van der Waals surface area contributed by atoms with Crippen LogP contribution in [-0.4, -0.2) is 43.5 Å². The van der Waals surface area contributed by atoms with Crippen molar-refractivity contribution < 1.29 is 17.9 Å². The molecule has 23 heavy (non-hydrogen) atoms. The van der Waals surface area contributed by atoms with Gasteiger partial charge in [-0.05, 0) is 51.5 Å². The second-order valence-electron chi connectivity index (χ2n) is 6.45. The van der Waals surface area contributed by atoms with E-state index in [0.717, 1.165) is 0 Å². The minimum Gasteiger partial charge on any atom is -0.444 e. The minimum absolute atomic E-state index is 0.194. The molecular weight excluding hydrogens is 340 g/mol. The fourth-order valence-corrected chi connectivity index (χ4v) is 3.92. The molecule has 1 fully saturated rings. The Morgan fingerprint density at radius 2 is 1.91 bits per heavy atom. The number of hydrogen-bond acceptors (Lipinski definition) is 4. The van der Waals surface area contributed by atoms with E-state index in [0.29, 0.717) is 18.0 Å². The van der Waals surface area contributed by atoms with Gasteiger partial charge in [-0.25, -0.2) is 13.2 Å². The zero-order valence-electron chi connectivity index (χ0n) is 13.4. The zero-order valence-corrected chi connectivity index (χ0v) is 14.9. The Kier molecular flexibility index (Phi) is 5.23. The van der Waals surface area contributed by atoms with Gasteiger partial charge in [0.1, 0.15) is 5.60 Å². The first kappa shape index (κ1) is 18.0. The first-order chi connectivity index (χ1) is 10.6. The molecule has 1 aliphatic rings. The van der Waals surface area contributed by atoms with Crippen LogP contribution < -0.4 is 5.32 Å². The number of halogens is 1. The minimum atomic E-state index is -3.58. The third-order valence-electron chi connectivity index (χ3n) is 3.32. The summed E-state index contributed by atoms with van der Waals surface area (Å²) in [6, 6.07) is 5.78. The smallest absolute Gasteiger partial charge is 0.407 e. The lowest BCUT2D eigenvalue weighted by molar-refractivity contribution is 0.0507. The van der Waals surface area contributed by atoms with Gasteiger partial charge in [0, 0.05) is 24.2 Å². The lowest BCUT2D eigenvalue weighted by atomic mass is 10.2. The van der Waals surface area contributed by atoms with E-state index in [1.54, 1.807) is 32.9 Å². The number of ether oxygens (including phenoxy) is 1. The third-order valence-corrected chi connectivity index (χ3v) is 5.45. The van der Waals surface area contributed by atoms with Crippen LogP contribution in [0.15, 0.2) is 29.2 Å². The van der Waals surface area contributed by atoms with E-state index < -0.39 is 21.7 Å². The SMILES string of the molecule is CC(C)(C)OC(=O)NC1CCN(S(=O)(=O)c2ccc(Cl)cc2)C1. The number of nitrogens with one attached hydrogen (secondary N) is 1. The molecule has 0 aromatic heterocycles. The second-order valence-corrected chi connectivity index (χ2v) is 8.82. The van der Waals surface area contributed by atoms with Crippen molar-refractivity contribution in [1.29, 1.82) is 0 Å². The summed E-state index contributed by atoms with van der Waals surface area (Å²) in [5, 5.41) is 3.19. The number of rotatable bonds is 3. The van der Waals surface area contributed by atoms with E-state index in [1.165, 1.54) is 16.4 Å². The highest BCUT2D eigenvalue weighted by Crippen LogP contribution is 2.22. The van der Waals surface area contributed by atoms with Crippen molar-refractivity contribution in [2.24, 2.45) is 0 Å². The van der Waals surface area contributed by atoms with Crippen LogP contribution in [0.2, 0.25) is 5.02 Å². The molecule has 2 rings (SSSR count). The van der Waals surface area contributed by atoms with Gasteiger partial charge >= 0.3 is 6.09 Å².